The van der Waals surface area contributed by atoms with E-state index in [1.54, 1.807) is 17.9 Å². The van der Waals surface area contributed by atoms with Crippen molar-refractivity contribution >= 4 is 17.3 Å². The molecule has 0 spiro atoms. The van der Waals surface area contributed by atoms with E-state index in [1.807, 2.05) is 37.3 Å². The highest BCUT2D eigenvalue weighted by Crippen LogP contribution is 2.40. The third-order valence-corrected chi connectivity index (χ3v) is 4.63. The molecule has 1 aromatic heterocycles. The normalized spacial score (nSPS) is 23.3. The van der Waals surface area contributed by atoms with Crippen molar-refractivity contribution in [2.24, 2.45) is 5.92 Å². The van der Waals surface area contributed by atoms with Crippen molar-refractivity contribution in [2.75, 3.05) is 10.2 Å². The number of para-hydroxylation sites is 1. The molecule has 1 aliphatic rings. The van der Waals surface area contributed by atoms with E-state index in [1.165, 1.54) is 6.07 Å². The summed E-state index contributed by atoms with van der Waals surface area (Å²) < 4.78 is 0. The summed E-state index contributed by atoms with van der Waals surface area (Å²) in [6.07, 6.45) is 0. The van der Waals surface area contributed by atoms with Crippen molar-refractivity contribution in [3.05, 3.63) is 58.5 Å². The number of hydrogen-bond donors (Lipinski definition) is 2. The average molecular weight is 311 g/mol. The number of carbonyl (C=O) groups excluding carboxylic acids is 1. The lowest BCUT2D eigenvalue weighted by atomic mass is 9.85. The Morgan fingerprint density at radius 2 is 1.83 bits per heavy atom. The van der Waals surface area contributed by atoms with Gasteiger partial charge in [0.2, 0.25) is 11.5 Å². The van der Waals surface area contributed by atoms with Gasteiger partial charge in [0.25, 0.3) is 0 Å². The zero-order valence-electron chi connectivity index (χ0n) is 13.5. The van der Waals surface area contributed by atoms with Gasteiger partial charge in [0.05, 0.1) is 17.4 Å². The number of fused-ring (bicyclic) bond motifs is 1. The van der Waals surface area contributed by atoms with E-state index in [0.717, 1.165) is 17.1 Å². The van der Waals surface area contributed by atoms with E-state index < -0.39 is 0 Å². The highest BCUT2D eigenvalue weighted by atomic mass is 16.2. The molecule has 2 aromatic rings. The standard InChI is InChI=1S/C18H21N3O2/c1-11-12(2)21(13(3)22)15-9-10-16(23)20-18(15)17(11)19-14-7-5-4-6-8-14/h4-12,17,19H,1-3H3,(H,20,23)/t11?,12-,17?/m0/s1. The summed E-state index contributed by atoms with van der Waals surface area (Å²) in [6.45, 7) is 5.69. The Bertz CT molecular complexity index is 769. The molecule has 2 N–H and O–H groups in total. The van der Waals surface area contributed by atoms with E-state index in [4.69, 9.17) is 0 Å². The zero-order valence-corrected chi connectivity index (χ0v) is 13.5. The number of amides is 1. The fourth-order valence-electron chi connectivity index (χ4n) is 3.30. The Balaban J connectivity index is 2.09. The van der Waals surface area contributed by atoms with E-state index in [0.29, 0.717) is 0 Å². The lowest BCUT2D eigenvalue weighted by molar-refractivity contribution is -0.117. The van der Waals surface area contributed by atoms with E-state index in [9.17, 15) is 9.59 Å². The van der Waals surface area contributed by atoms with Crippen LogP contribution in [0.2, 0.25) is 0 Å². The Labute approximate surface area is 135 Å². The van der Waals surface area contributed by atoms with Crippen LogP contribution in [0, 0.1) is 5.92 Å². The fraction of sp³-hybridized carbons (Fsp3) is 0.333. The summed E-state index contributed by atoms with van der Waals surface area (Å²) in [6, 6.07) is 13.1. The molecule has 23 heavy (non-hydrogen) atoms. The van der Waals surface area contributed by atoms with Crippen LogP contribution in [0.25, 0.3) is 0 Å². The Hall–Kier alpha value is -2.56. The number of anilines is 2. The first-order valence-corrected chi connectivity index (χ1v) is 7.83. The lowest BCUT2D eigenvalue weighted by Crippen LogP contribution is -2.49. The molecule has 2 unspecified atom stereocenters. The molecular formula is C18H21N3O2. The molecule has 0 radical (unpaired) electrons. The van der Waals surface area contributed by atoms with Crippen LogP contribution in [-0.2, 0) is 4.79 Å². The largest absolute Gasteiger partial charge is 0.376 e. The SMILES string of the molecule is CC(=O)N1c2ccc(=O)[nH]c2C(Nc2ccccc2)C(C)[C@@H]1C. The highest BCUT2D eigenvalue weighted by molar-refractivity contribution is 5.93. The smallest absolute Gasteiger partial charge is 0.248 e. The molecule has 3 atom stereocenters. The van der Waals surface area contributed by atoms with Gasteiger partial charge in [0, 0.05) is 30.6 Å². The van der Waals surface area contributed by atoms with Gasteiger partial charge in [-0.3, -0.25) is 9.59 Å². The molecule has 0 saturated heterocycles. The first-order chi connectivity index (χ1) is 11.0. The molecule has 1 aromatic carbocycles. The molecule has 5 nitrogen and oxygen atoms in total. The first-order valence-electron chi connectivity index (χ1n) is 7.83. The maximum atomic E-state index is 12.1. The van der Waals surface area contributed by atoms with Gasteiger partial charge in [-0.1, -0.05) is 25.1 Å². The average Bonchev–Trinajstić information content (AvgIpc) is 2.53. The van der Waals surface area contributed by atoms with Gasteiger partial charge in [-0.15, -0.1) is 0 Å². The van der Waals surface area contributed by atoms with E-state index in [2.05, 4.69) is 17.2 Å². The molecular weight excluding hydrogens is 290 g/mol. The molecule has 5 heteroatoms. The number of pyridine rings is 1. The van der Waals surface area contributed by atoms with Crippen LogP contribution in [0.3, 0.4) is 0 Å². The van der Waals surface area contributed by atoms with Crippen molar-refractivity contribution in [1.29, 1.82) is 0 Å². The van der Waals surface area contributed by atoms with Gasteiger partial charge in [-0.25, -0.2) is 0 Å². The number of rotatable bonds is 2. The Morgan fingerprint density at radius 1 is 1.13 bits per heavy atom. The van der Waals surface area contributed by atoms with Crippen molar-refractivity contribution in [1.82, 2.24) is 4.98 Å². The van der Waals surface area contributed by atoms with Crippen molar-refractivity contribution in [2.45, 2.75) is 32.9 Å². The third kappa shape index (κ3) is 2.74. The number of hydrogen-bond acceptors (Lipinski definition) is 3. The summed E-state index contributed by atoms with van der Waals surface area (Å²) in [7, 11) is 0. The number of aromatic amines is 1. The fourth-order valence-corrected chi connectivity index (χ4v) is 3.30. The third-order valence-electron chi connectivity index (χ3n) is 4.63. The van der Waals surface area contributed by atoms with Crippen LogP contribution < -0.4 is 15.8 Å². The minimum atomic E-state index is -0.158. The van der Waals surface area contributed by atoms with Gasteiger partial charge < -0.3 is 15.2 Å². The number of H-pyrrole nitrogens is 1. The lowest BCUT2D eigenvalue weighted by Gasteiger charge is -2.43. The highest BCUT2D eigenvalue weighted by Gasteiger charge is 2.38. The van der Waals surface area contributed by atoms with Gasteiger partial charge >= 0.3 is 0 Å². The van der Waals surface area contributed by atoms with Gasteiger partial charge in [-0.05, 0) is 25.1 Å². The van der Waals surface area contributed by atoms with Crippen LogP contribution in [0.4, 0.5) is 11.4 Å². The minimum absolute atomic E-state index is 0.0178. The molecule has 1 aliphatic heterocycles. The second-order valence-electron chi connectivity index (χ2n) is 6.10. The maximum Gasteiger partial charge on any atom is 0.248 e. The summed E-state index contributed by atoms with van der Waals surface area (Å²) in [5.74, 6) is 0.125. The maximum absolute atomic E-state index is 12.1. The monoisotopic (exact) mass is 311 g/mol. The topological polar surface area (TPSA) is 65.2 Å². The predicted molar refractivity (Wildman–Crippen MR) is 91.7 cm³/mol. The zero-order chi connectivity index (χ0) is 16.6. The number of aromatic nitrogens is 1. The minimum Gasteiger partial charge on any atom is -0.376 e. The summed E-state index contributed by atoms with van der Waals surface area (Å²) in [5.41, 5.74) is 2.37. The van der Waals surface area contributed by atoms with E-state index >= 15 is 0 Å². The molecule has 3 rings (SSSR count). The van der Waals surface area contributed by atoms with Crippen molar-refractivity contribution < 1.29 is 4.79 Å². The quantitative estimate of drug-likeness (QED) is 0.896. The van der Waals surface area contributed by atoms with Crippen LogP contribution in [-0.4, -0.2) is 16.9 Å². The number of carbonyl (C=O) groups is 1. The molecule has 0 saturated carbocycles. The molecule has 120 valence electrons. The van der Waals surface area contributed by atoms with Crippen LogP contribution in [0.15, 0.2) is 47.3 Å². The van der Waals surface area contributed by atoms with Crippen LogP contribution in [0.5, 0.6) is 0 Å². The van der Waals surface area contributed by atoms with Crippen molar-refractivity contribution in [3.8, 4) is 0 Å². The second kappa shape index (κ2) is 5.91. The second-order valence-corrected chi connectivity index (χ2v) is 6.10. The molecule has 0 fully saturated rings. The Kier molecular flexibility index (Phi) is 3.94. The summed E-state index contributed by atoms with van der Waals surface area (Å²) in [4.78, 5) is 28.6. The Morgan fingerprint density at radius 3 is 2.48 bits per heavy atom. The predicted octanol–water partition coefficient (Wildman–Crippen LogP) is 2.92. The molecule has 2 heterocycles. The number of benzene rings is 1. The summed E-state index contributed by atoms with van der Waals surface area (Å²) in [5, 5.41) is 3.50. The first kappa shape index (κ1) is 15.3. The van der Waals surface area contributed by atoms with Gasteiger partial charge in [0.15, 0.2) is 0 Å². The van der Waals surface area contributed by atoms with Gasteiger partial charge in [-0.2, -0.15) is 0 Å². The van der Waals surface area contributed by atoms with Crippen LogP contribution in [0.1, 0.15) is 32.5 Å². The summed E-state index contributed by atoms with van der Waals surface area (Å²) >= 11 is 0. The van der Waals surface area contributed by atoms with E-state index in [-0.39, 0.29) is 29.5 Å². The van der Waals surface area contributed by atoms with Gasteiger partial charge in [0.1, 0.15) is 0 Å². The number of nitrogens with one attached hydrogen (secondary N) is 2. The molecule has 0 aliphatic carbocycles. The number of nitrogens with zero attached hydrogens (tertiary/aromatic N) is 1. The van der Waals surface area contributed by atoms with Crippen LogP contribution >= 0.6 is 0 Å². The molecule has 1 amide bonds. The molecule has 0 bridgehead atoms. The van der Waals surface area contributed by atoms with Crippen molar-refractivity contribution in [3.63, 3.8) is 0 Å².